The second-order valence-electron chi connectivity index (χ2n) is 8.15. The Hall–Kier alpha value is -3.67. The van der Waals surface area contributed by atoms with Crippen molar-refractivity contribution in [3.63, 3.8) is 0 Å². The molecular formula is C24H19F5N4O2S. The van der Waals surface area contributed by atoms with Crippen LogP contribution in [0, 0.1) is 17.6 Å². The molecule has 0 spiro atoms. The van der Waals surface area contributed by atoms with Crippen LogP contribution in [0.5, 0.6) is 5.88 Å². The summed E-state index contributed by atoms with van der Waals surface area (Å²) in [6.07, 6.45) is -1.96. The predicted molar refractivity (Wildman–Crippen MR) is 125 cm³/mol. The minimum Gasteiger partial charge on any atom is -0.477 e. The maximum absolute atomic E-state index is 15.3. The van der Waals surface area contributed by atoms with E-state index in [1.807, 2.05) is 13.8 Å². The molecule has 0 saturated heterocycles. The lowest BCUT2D eigenvalue weighted by molar-refractivity contribution is -0.137. The number of carbonyl (C=O) groups excluding carboxylic acids is 1. The molecule has 4 rings (SSSR count). The number of aromatic nitrogens is 3. The Morgan fingerprint density at radius 1 is 1.11 bits per heavy atom. The van der Waals surface area contributed by atoms with Gasteiger partial charge in [-0.15, -0.1) is 0 Å². The molecule has 0 unspecified atom stereocenters. The molecule has 12 heteroatoms. The fourth-order valence-electron chi connectivity index (χ4n) is 3.27. The van der Waals surface area contributed by atoms with E-state index in [1.54, 1.807) is 0 Å². The number of H-pyrrole nitrogens is 1. The Morgan fingerprint density at radius 3 is 2.50 bits per heavy atom. The minimum atomic E-state index is -4.48. The van der Waals surface area contributed by atoms with E-state index in [1.165, 1.54) is 24.7 Å². The molecule has 0 aliphatic heterocycles. The number of nitrogens with one attached hydrogen (secondary N) is 2. The van der Waals surface area contributed by atoms with Crippen molar-refractivity contribution in [2.24, 2.45) is 5.92 Å². The van der Waals surface area contributed by atoms with E-state index < -0.39 is 34.7 Å². The van der Waals surface area contributed by atoms with Gasteiger partial charge in [0.05, 0.1) is 34.4 Å². The van der Waals surface area contributed by atoms with Gasteiger partial charge in [-0.25, -0.2) is 18.7 Å². The molecule has 6 nitrogen and oxygen atoms in total. The lowest BCUT2D eigenvalue weighted by Gasteiger charge is -2.12. The number of halogens is 5. The third kappa shape index (κ3) is 5.27. The zero-order valence-electron chi connectivity index (χ0n) is 18.9. The SMILES string of the molecule is CC(C)COc1ncnc2[nH]cc(C(=O)c3c(F)ccc(NSc4ccc(C(F)(F)F)cc4)c3F)c12. The van der Waals surface area contributed by atoms with Crippen molar-refractivity contribution in [3.8, 4) is 5.88 Å². The maximum atomic E-state index is 15.3. The average Bonchev–Trinajstić information content (AvgIpc) is 3.27. The van der Waals surface area contributed by atoms with Gasteiger partial charge in [0.2, 0.25) is 11.7 Å². The van der Waals surface area contributed by atoms with Crippen LogP contribution in [-0.2, 0) is 6.18 Å². The van der Waals surface area contributed by atoms with Crippen LogP contribution in [0.3, 0.4) is 0 Å². The van der Waals surface area contributed by atoms with Gasteiger partial charge in [-0.3, -0.25) is 4.79 Å². The standard InChI is InChI=1S/C24H19F5N4O2S/c1-12(2)10-35-23-18-15(9-30-22(18)31-11-32-23)21(34)19-16(25)7-8-17(20(19)26)33-36-14-5-3-13(4-6-14)24(27,28)29/h3-9,11-12,33H,10H2,1-2H3,(H,30,31,32). The highest BCUT2D eigenvalue weighted by molar-refractivity contribution is 8.00. The van der Waals surface area contributed by atoms with Gasteiger partial charge in [-0.1, -0.05) is 13.8 Å². The van der Waals surface area contributed by atoms with Crippen LogP contribution in [0.15, 0.2) is 53.8 Å². The Kier molecular flexibility index (Phi) is 7.16. The molecule has 0 saturated carbocycles. The molecule has 0 aliphatic rings. The maximum Gasteiger partial charge on any atom is 0.416 e. The first-order chi connectivity index (χ1) is 17.1. The van der Waals surface area contributed by atoms with Crippen LogP contribution >= 0.6 is 11.9 Å². The van der Waals surface area contributed by atoms with Crippen molar-refractivity contribution in [3.05, 3.63) is 77.2 Å². The highest BCUT2D eigenvalue weighted by Gasteiger charge is 2.30. The number of benzene rings is 2. The molecule has 188 valence electrons. The molecule has 2 aromatic heterocycles. The number of nitrogens with zero attached hydrogens (tertiary/aromatic N) is 2. The van der Waals surface area contributed by atoms with E-state index in [9.17, 15) is 22.4 Å². The summed E-state index contributed by atoms with van der Waals surface area (Å²) < 4.78 is 76.5. The smallest absolute Gasteiger partial charge is 0.416 e. The third-order valence-corrected chi connectivity index (χ3v) is 5.84. The largest absolute Gasteiger partial charge is 0.477 e. The zero-order valence-corrected chi connectivity index (χ0v) is 19.7. The first-order valence-corrected chi connectivity index (χ1v) is 11.5. The third-order valence-electron chi connectivity index (χ3n) is 5.01. The molecule has 36 heavy (non-hydrogen) atoms. The zero-order chi connectivity index (χ0) is 26.0. The number of carbonyl (C=O) groups is 1. The number of anilines is 1. The highest BCUT2D eigenvalue weighted by Crippen LogP contribution is 2.33. The van der Waals surface area contributed by atoms with Crippen molar-refractivity contribution in [2.75, 3.05) is 11.3 Å². The number of hydrogen-bond acceptors (Lipinski definition) is 6. The van der Waals surface area contributed by atoms with Crippen LogP contribution in [0.25, 0.3) is 11.0 Å². The molecule has 0 atom stereocenters. The number of alkyl halides is 3. The topological polar surface area (TPSA) is 79.9 Å². The van der Waals surface area contributed by atoms with E-state index in [-0.39, 0.29) is 34.1 Å². The summed E-state index contributed by atoms with van der Waals surface area (Å²) in [6, 6.07) is 6.20. The van der Waals surface area contributed by atoms with E-state index >= 15 is 4.39 Å². The molecule has 0 aliphatic carbocycles. The van der Waals surface area contributed by atoms with Crippen molar-refractivity contribution in [2.45, 2.75) is 24.9 Å². The Balaban J connectivity index is 1.62. The molecular weight excluding hydrogens is 503 g/mol. The summed E-state index contributed by atoms with van der Waals surface area (Å²) in [5.41, 5.74) is -1.67. The number of ketones is 1. The molecule has 0 bridgehead atoms. The minimum absolute atomic E-state index is 0.0744. The quantitative estimate of drug-likeness (QED) is 0.153. The van der Waals surface area contributed by atoms with Crippen molar-refractivity contribution < 1.29 is 31.5 Å². The van der Waals surface area contributed by atoms with Crippen molar-refractivity contribution in [1.29, 1.82) is 0 Å². The summed E-state index contributed by atoms with van der Waals surface area (Å²) in [5.74, 6) is -2.93. The summed E-state index contributed by atoms with van der Waals surface area (Å²) in [6.45, 7) is 4.15. The Labute approximate surface area is 206 Å². The summed E-state index contributed by atoms with van der Waals surface area (Å²) >= 11 is 0.808. The van der Waals surface area contributed by atoms with Gasteiger partial charge >= 0.3 is 6.18 Å². The predicted octanol–water partition coefficient (Wildman–Crippen LogP) is 6.64. The number of fused-ring (bicyclic) bond motifs is 1. The van der Waals surface area contributed by atoms with Gasteiger partial charge < -0.3 is 14.4 Å². The average molecular weight is 522 g/mol. The normalized spacial score (nSPS) is 11.8. The first kappa shape index (κ1) is 25.4. The lowest BCUT2D eigenvalue weighted by atomic mass is 10.0. The molecule has 2 aromatic carbocycles. The summed E-state index contributed by atoms with van der Waals surface area (Å²) in [5, 5.41) is 0.194. The molecule has 0 fully saturated rings. The number of ether oxygens (including phenoxy) is 1. The Bertz CT molecular complexity index is 1400. The lowest BCUT2D eigenvalue weighted by Crippen LogP contribution is -2.10. The Morgan fingerprint density at radius 2 is 1.83 bits per heavy atom. The number of rotatable bonds is 8. The summed E-state index contributed by atoms with van der Waals surface area (Å²) in [7, 11) is 0. The number of hydrogen-bond donors (Lipinski definition) is 2. The van der Waals surface area contributed by atoms with Gasteiger partial charge in [0, 0.05) is 11.1 Å². The van der Waals surface area contributed by atoms with E-state index in [0.717, 1.165) is 36.2 Å². The van der Waals surface area contributed by atoms with E-state index in [4.69, 9.17) is 4.74 Å². The van der Waals surface area contributed by atoms with Crippen LogP contribution in [-0.4, -0.2) is 27.3 Å². The molecule has 2 N–H and O–H groups in total. The van der Waals surface area contributed by atoms with Gasteiger partial charge in [-0.2, -0.15) is 13.2 Å². The van der Waals surface area contributed by atoms with Crippen molar-refractivity contribution >= 4 is 34.5 Å². The molecule has 4 aromatic rings. The van der Waals surface area contributed by atoms with E-state index in [2.05, 4.69) is 19.7 Å². The first-order valence-electron chi connectivity index (χ1n) is 10.6. The molecule has 2 heterocycles. The fourth-order valence-corrected chi connectivity index (χ4v) is 3.93. The van der Waals surface area contributed by atoms with Crippen LogP contribution < -0.4 is 9.46 Å². The van der Waals surface area contributed by atoms with Crippen LogP contribution in [0.4, 0.5) is 27.6 Å². The number of aromatic amines is 1. The van der Waals surface area contributed by atoms with E-state index in [0.29, 0.717) is 11.5 Å². The van der Waals surface area contributed by atoms with Gasteiger partial charge in [0.1, 0.15) is 17.8 Å². The van der Waals surface area contributed by atoms with Gasteiger partial charge in [0.25, 0.3) is 0 Å². The van der Waals surface area contributed by atoms with Gasteiger partial charge in [0.15, 0.2) is 5.82 Å². The second-order valence-corrected chi connectivity index (χ2v) is 9.03. The molecule has 0 radical (unpaired) electrons. The van der Waals surface area contributed by atoms with Crippen LogP contribution in [0.2, 0.25) is 0 Å². The van der Waals surface area contributed by atoms with Gasteiger partial charge in [-0.05, 0) is 54.3 Å². The fraction of sp³-hybridized carbons (Fsp3) is 0.208. The second kappa shape index (κ2) is 10.1. The van der Waals surface area contributed by atoms with Crippen LogP contribution in [0.1, 0.15) is 35.3 Å². The molecule has 0 amide bonds. The summed E-state index contributed by atoms with van der Waals surface area (Å²) in [4.78, 5) is 24.5. The van der Waals surface area contributed by atoms with Crippen molar-refractivity contribution in [1.82, 2.24) is 15.0 Å². The monoisotopic (exact) mass is 522 g/mol. The highest BCUT2D eigenvalue weighted by atomic mass is 32.2.